The Kier molecular flexibility index (Phi) is 4.35. The molecule has 8 nitrogen and oxygen atoms in total. The monoisotopic (exact) mass is 321 g/mol. The molecule has 3 heterocycles. The minimum atomic E-state index is -0.968. The third kappa shape index (κ3) is 3.38. The number of anilines is 1. The van der Waals surface area contributed by atoms with E-state index < -0.39 is 12.1 Å². The molecule has 1 aliphatic heterocycles. The van der Waals surface area contributed by atoms with Crippen LogP contribution in [0.5, 0.6) is 5.88 Å². The number of aromatic nitrogens is 3. The second-order valence-corrected chi connectivity index (χ2v) is 5.16. The van der Waals surface area contributed by atoms with E-state index in [1.807, 2.05) is 0 Å². The Morgan fingerprint density at radius 2 is 2.48 bits per heavy atom. The van der Waals surface area contributed by atoms with Crippen LogP contribution in [0.4, 0.5) is 10.2 Å². The van der Waals surface area contributed by atoms with E-state index in [9.17, 15) is 9.18 Å². The van der Waals surface area contributed by atoms with Crippen LogP contribution in [0.1, 0.15) is 17.0 Å². The van der Waals surface area contributed by atoms with Gasteiger partial charge in [-0.05, 0) is 17.3 Å². The normalized spacial score (nSPS) is 20.5. The largest absolute Gasteiger partial charge is 0.479 e. The van der Waals surface area contributed by atoms with Gasteiger partial charge >= 0.3 is 0 Å². The Hall–Kier alpha value is -2.71. The molecular formula is C14H16FN5O3. The van der Waals surface area contributed by atoms with Crippen molar-refractivity contribution >= 4 is 11.7 Å². The van der Waals surface area contributed by atoms with Gasteiger partial charge in [-0.25, -0.2) is 4.39 Å². The smallest absolute Gasteiger partial charge is 0.290 e. The van der Waals surface area contributed by atoms with Crippen molar-refractivity contribution in [3.63, 3.8) is 0 Å². The predicted octanol–water partition coefficient (Wildman–Crippen LogP) is 0.820. The molecule has 1 fully saturated rings. The van der Waals surface area contributed by atoms with E-state index in [4.69, 9.17) is 9.26 Å². The Morgan fingerprint density at radius 3 is 3.17 bits per heavy atom. The molecule has 0 radical (unpaired) electrons. The zero-order valence-electron chi connectivity index (χ0n) is 12.5. The highest BCUT2D eigenvalue weighted by molar-refractivity contribution is 5.91. The number of carbonyl (C=O) groups is 1. The molecule has 1 aliphatic rings. The fourth-order valence-corrected chi connectivity index (χ4v) is 2.54. The number of hydrogen-bond donors (Lipinski definition) is 1. The summed E-state index contributed by atoms with van der Waals surface area (Å²) in [4.78, 5) is 13.8. The first-order chi connectivity index (χ1) is 11.2. The molecule has 2 aromatic rings. The Balaban J connectivity index is 1.63. The van der Waals surface area contributed by atoms with Crippen LogP contribution in [0.2, 0.25) is 0 Å². The van der Waals surface area contributed by atoms with Crippen molar-refractivity contribution in [3.8, 4) is 5.88 Å². The molecular weight excluding hydrogens is 305 g/mol. The third-order valence-corrected chi connectivity index (χ3v) is 3.64. The first-order valence-corrected chi connectivity index (χ1v) is 7.14. The number of rotatable bonds is 5. The zero-order chi connectivity index (χ0) is 16.2. The average molecular weight is 321 g/mol. The van der Waals surface area contributed by atoms with Crippen LogP contribution in [-0.4, -0.2) is 53.7 Å². The van der Waals surface area contributed by atoms with Crippen molar-refractivity contribution in [2.24, 2.45) is 0 Å². The molecule has 0 spiro atoms. The van der Waals surface area contributed by atoms with Crippen molar-refractivity contribution < 1.29 is 18.4 Å². The number of ether oxygens (including phenoxy) is 1. The van der Waals surface area contributed by atoms with Crippen LogP contribution >= 0.6 is 0 Å². The summed E-state index contributed by atoms with van der Waals surface area (Å²) in [5.74, 6) is 0.430. The van der Waals surface area contributed by atoms with Gasteiger partial charge < -0.3 is 19.5 Å². The first kappa shape index (κ1) is 15.2. The van der Waals surface area contributed by atoms with E-state index in [-0.39, 0.29) is 30.8 Å². The van der Waals surface area contributed by atoms with Crippen molar-refractivity contribution in [2.45, 2.75) is 18.6 Å². The molecule has 0 saturated carbocycles. The Labute approximate surface area is 131 Å². The molecule has 9 heteroatoms. The van der Waals surface area contributed by atoms with Crippen molar-refractivity contribution in [2.75, 3.05) is 25.1 Å². The van der Waals surface area contributed by atoms with Gasteiger partial charge in [0.15, 0.2) is 5.82 Å². The maximum atomic E-state index is 13.8. The van der Waals surface area contributed by atoms with Gasteiger partial charge in [-0.15, -0.1) is 5.10 Å². The highest BCUT2D eigenvalue weighted by atomic mass is 19.1. The number of carbonyl (C=O) groups excluding carboxylic acids is 1. The SMILES string of the molecule is COc1cc(C(=O)NC[C@@H]2C[C@H](F)CN2c2cccnn2)on1. The number of nitrogens with zero attached hydrogens (tertiary/aromatic N) is 4. The molecule has 2 atom stereocenters. The van der Waals surface area contributed by atoms with Gasteiger partial charge in [0.2, 0.25) is 5.76 Å². The molecule has 0 aliphatic carbocycles. The maximum absolute atomic E-state index is 13.8. The van der Waals surface area contributed by atoms with E-state index in [1.165, 1.54) is 13.2 Å². The van der Waals surface area contributed by atoms with E-state index >= 15 is 0 Å². The molecule has 0 aromatic carbocycles. The highest BCUT2D eigenvalue weighted by Gasteiger charge is 2.33. The minimum Gasteiger partial charge on any atom is -0.479 e. The van der Waals surface area contributed by atoms with Crippen molar-refractivity contribution in [1.82, 2.24) is 20.7 Å². The second-order valence-electron chi connectivity index (χ2n) is 5.16. The molecule has 122 valence electrons. The van der Waals surface area contributed by atoms with Crippen LogP contribution in [0.25, 0.3) is 0 Å². The first-order valence-electron chi connectivity index (χ1n) is 7.14. The lowest BCUT2D eigenvalue weighted by molar-refractivity contribution is 0.0913. The number of nitrogens with one attached hydrogen (secondary N) is 1. The summed E-state index contributed by atoms with van der Waals surface area (Å²) >= 11 is 0. The van der Waals surface area contributed by atoms with Crippen LogP contribution in [-0.2, 0) is 0 Å². The van der Waals surface area contributed by atoms with Crippen molar-refractivity contribution in [1.29, 1.82) is 0 Å². The summed E-state index contributed by atoms with van der Waals surface area (Å²) in [6.45, 7) is 0.494. The molecule has 1 saturated heterocycles. The molecule has 1 amide bonds. The lowest BCUT2D eigenvalue weighted by Crippen LogP contribution is -2.40. The van der Waals surface area contributed by atoms with Gasteiger partial charge in [0.1, 0.15) is 6.17 Å². The fourth-order valence-electron chi connectivity index (χ4n) is 2.54. The Bertz CT molecular complexity index is 665. The van der Waals surface area contributed by atoms with Crippen molar-refractivity contribution in [3.05, 3.63) is 30.2 Å². The summed E-state index contributed by atoms with van der Waals surface area (Å²) in [6, 6.07) is 4.70. The van der Waals surface area contributed by atoms with Crippen LogP contribution < -0.4 is 15.0 Å². The van der Waals surface area contributed by atoms with Gasteiger partial charge in [0, 0.05) is 19.2 Å². The van der Waals surface area contributed by atoms with E-state index in [0.717, 1.165) is 0 Å². The lowest BCUT2D eigenvalue weighted by Gasteiger charge is -2.24. The van der Waals surface area contributed by atoms with E-state index in [2.05, 4.69) is 20.7 Å². The number of methoxy groups -OCH3 is 1. The quantitative estimate of drug-likeness (QED) is 0.871. The van der Waals surface area contributed by atoms with Crippen LogP contribution in [0.3, 0.4) is 0 Å². The third-order valence-electron chi connectivity index (χ3n) is 3.64. The second kappa shape index (κ2) is 6.59. The van der Waals surface area contributed by atoms with Gasteiger partial charge in [0.05, 0.1) is 25.8 Å². The zero-order valence-corrected chi connectivity index (χ0v) is 12.5. The summed E-state index contributed by atoms with van der Waals surface area (Å²) in [6.07, 6.45) is 0.904. The van der Waals surface area contributed by atoms with Gasteiger partial charge in [-0.2, -0.15) is 5.10 Å². The number of alkyl halides is 1. The van der Waals surface area contributed by atoms with Crippen LogP contribution in [0.15, 0.2) is 28.9 Å². The predicted molar refractivity (Wildman–Crippen MR) is 78.1 cm³/mol. The molecule has 23 heavy (non-hydrogen) atoms. The average Bonchev–Trinajstić information content (AvgIpc) is 3.20. The molecule has 2 aromatic heterocycles. The standard InChI is InChI=1S/C14H16FN5O3/c1-22-13-6-11(23-19-13)14(21)16-7-10-5-9(15)8-20(10)12-3-2-4-17-18-12/h2-4,6,9-10H,5,7-8H2,1H3,(H,16,21)/t9-,10-/m0/s1. The number of amides is 1. The van der Waals surface area contributed by atoms with E-state index in [0.29, 0.717) is 12.2 Å². The molecule has 3 rings (SSSR count). The summed E-state index contributed by atoms with van der Waals surface area (Å²) in [5.41, 5.74) is 0. The molecule has 0 bridgehead atoms. The maximum Gasteiger partial charge on any atom is 0.290 e. The van der Waals surface area contributed by atoms with Gasteiger partial charge in [-0.3, -0.25) is 4.79 Å². The summed E-state index contributed by atoms with van der Waals surface area (Å²) in [5, 5.41) is 14.1. The molecule has 1 N–H and O–H groups in total. The van der Waals surface area contributed by atoms with Gasteiger partial charge in [0.25, 0.3) is 11.8 Å². The fraction of sp³-hybridized carbons (Fsp3) is 0.429. The lowest BCUT2D eigenvalue weighted by atomic mass is 10.2. The highest BCUT2D eigenvalue weighted by Crippen LogP contribution is 2.25. The Morgan fingerprint density at radius 1 is 1.61 bits per heavy atom. The topological polar surface area (TPSA) is 93.4 Å². The minimum absolute atomic E-state index is 0.0442. The van der Waals surface area contributed by atoms with Crippen LogP contribution in [0, 0.1) is 0 Å². The summed E-state index contributed by atoms with van der Waals surface area (Å²) in [7, 11) is 1.43. The number of hydrogen-bond acceptors (Lipinski definition) is 7. The summed E-state index contributed by atoms with van der Waals surface area (Å²) < 4.78 is 23.5. The van der Waals surface area contributed by atoms with Gasteiger partial charge in [-0.1, -0.05) is 0 Å². The molecule has 0 unspecified atom stereocenters. The number of halogens is 1. The van der Waals surface area contributed by atoms with E-state index in [1.54, 1.807) is 23.2 Å².